The molecule has 0 fully saturated rings. The second kappa shape index (κ2) is 5.11. The van der Waals surface area contributed by atoms with Crippen LogP contribution in [0.25, 0.3) is 0 Å². The summed E-state index contributed by atoms with van der Waals surface area (Å²) < 4.78 is 37.9. The van der Waals surface area contributed by atoms with Crippen molar-refractivity contribution in [2.24, 2.45) is 0 Å². The summed E-state index contributed by atoms with van der Waals surface area (Å²) in [5.41, 5.74) is 5.64. The molecule has 0 heterocycles. The molecule has 4 N–H and O–H groups in total. The van der Waals surface area contributed by atoms with Gasteiger partial charge in [-0.15, -0.1) is 0 Å². The van der Waals surface area contributed by atoms with Crippen molar-refractivity contribution < 1.29 is 12.8 Å². The third kappa shape index (κ3) is 5.33. The molecule has 0 unspecified atom stereocenters. The van der Waals surface area contributed by atoms with Gasteiger partial charge in [0.15, 0.2) is 0 Å². The van der Waals surface area contributed by atoms with Crippen LogP contribution in [0.4, 0.5) is 15.8 Å². The predicted octanol–water partition coefficient (Wildman–Crippen LogP) is 1.15. The van der Waals surface area contributed by atoms with Gasteiger partial charge in [0, 0.05) is 23.5 Å². The van der Waals surface area contributed by atoms with Gasteiger partial charge in [-0.1, -0.05) is 0 Å². The molecule has 0 saturated carbocycles. The minimum absolute atomic E-state index is 0.308. The maximum Gasteiger partial charge on any atom is 0.209 e. The zero-order valence-corrected chi connectivity index (χ0v) is 11.4. The molecule has 7 heteroatoms. The van der Waals surface area contributed by atoms with E-state index in [9.17, 15) is 12.8 Å². The third-order valence-corrected chi connectivity index (χ3v) is 3.04. The molecule has 0 amide bonds. The molecule has 0 bridgehead atoms. The molecule has 5 nitrogen and oxygen atoms in total. The monoisotopic (exact) mass is 275 g/mol. The molecule has 0 aliphatic heterocycles. The van der Waals surface area contributed by atoms with Gasteiger partial charge in [0.2, 0.25) is 10.0 Å². The lowest BCUT2D eigenvalue weighted by atomic mass is 10.1. The zero-order valence-electron chi connectivity index (χ0n) is 10.6. The Labute approximate surface area is 107 Å². The van der Waals surface area contributed by atoms with E-state index >= 15 is 0 Å². The molecule has 0 aliphatic rings. The topological polar surface area (TPSA) is 84.2 Å². The summed E-state index contributed by atoms with van der Waals surface area (Å²) >= 11 is 0. The average molecular weight is 275 g/mol. The Bertz CT molecular complexity index is 509. The van der Waals surface area contributed by atoms with E-state index < -0.39 is 21.4 Å². The highest BCUT2D eigenvalue weighted by Crippen LogP contribution is 2.16. The number of nitrogen functional groups attached to an aromatic ring is 1. The average Bonchev–Trinajstić information content (AvgIpc) is 2.09. The molecular weight excluding hydrogens is 257 g/mol. The van der Waals surface area contributed by atoms with Crippen LogP contribution in [0.15, 0.2) is 18.2 Å². The van der Waals surface area contributed by atoms with Gasteiger partial charge in [-0.05, 0) is 32.0 Å². The van der Waals surface area contributed by atoms with Gasteiger partial charge in [0.1, 0.15) is 5.82 Å². The number of benzene rings is 1. The number of sulfonamides is 1. The number of hydrogen-bond donors (Lipinski definition) is 3. The molecule has 0 aliphatic carbocycles. The largest absolute Gasteiger partial charge is 0.399 e. The first-order valence-electron chi connectivity index (χ1n) is 5.36. The number of anilines is 2. The van der Waals surface area contributed by atoms with Gasteiger partial charge >= 0.3 is 0 Å². The minimum Gasteiger partial charge on any atom is -0.399 e. The van der Waals surface area contributed by atoms with Gasteiger partial charge in [0.05, 0.1) is 6.26 Å². The Balaban J connectivity index is 2.69. The maximum absolute atomic E-state index is 13.1. The molecule has 102 valence electrons. The lowest BCUT2D eigenvalue weighted by Gasteiger charge is -2.25. The van der Waals surface area contributed by atoms with Crippen molar-refractivity contribution >= 4 is 21.4 Å². The van der Waals surface area contributed by atoms with Gasteiger partial charge < -0.3 is 11.1 Å². The van der Waals surface area contributed by atoms with Crippen molar-refractivity contribution in [1.82, 2.24) is 4.72 Å². The summed E-state index contributed by atoms with van der Waals surface area (Å²) in [5, 5.41) is 2.94. The van der Waals surface area contributed by atoms with Crippen LogP contribution in [0.1, 0.15) is 13.8 Å². The van der Waals surface area contributed by atoms with E-state index in [1.54, 1.807) is 19.9 Å². The molecule has 1 rings (SSSR count). The van der Waals surface area contributed by atoms with Crippen molar-refractivity contribution in [3.63, 3.8) is 0 Å². The molecule has 1 aromatic carbocycles. The lowest BCUT2D eigenvalue weighted by Crippen LogP contribution is -2.47. The number of hydrogen-bond acceptors (Lipinski definition) is 4. The van der Waals surface area contributed by atoms with Crippen molar-refractivity contribution in [2.45, 2.75) is 19.4 Å². The Morgan fingerprint density at radius 2 is 1.94 bits per heavy atom. The Morgan fingerprint density at radius 1 is 1.33 bits per heavy atom. The van der Waals surface area contributed by atoms with E-state index in [1.807, 2.05) is 0 Å². The van der Waals surface area contributed by atoms with Crippen molar-refractivity contribution in [2.75, 3.05) is 23.9 Å². The fourth-order valence-electron chi connectivity index (χ4n) is 1.58. The second-order valence-corrected chi connectivity index (χ2v) is 6.63. The van der Waals surface area contributed by atoms with Crippen molar-refractivity contribution in [3.8, 4) is 0 Å². The quantitative estimate of drug-likeness (QED) is 0.704. The Kier molecular flexibility index (Phi) is 4.18. The fraction of sp³-hybridized carbons (Fsp3) is 0.455. The first-order chi connectivity index (χ1) is 8.07. The third-order valence-electron chi connectivity index (χ3n) is 2.12. The maximum atomic E-state index is 13.1. The highest BCUT2D eigenvalue weighted by Gasteiger charge is 2.21. The van der Waals surface area contributed by atoms with Crippen LogP contribution in [0.3, 0.4) is 0 Å². The van der Waals surface area contributed by atoms with Crippen LogP contribution in [0.5, 0.6) is 0 Å². The predicted molar refractivity (Wildman–Crippen MR) is 71.4 cm³/mol. The lowest BCUT2D eigenvalue weighted by molar-refractivity contribution is 0.476. The molecule has 0 spiro atoms. The summed E-state index contributed by atoms with van der Waals surface area (Å²) in [6.07, 6.45) is 1.09. The molecular formula is C11H18FN3O2S. The van der Waals surface area contributed by atoms with Gasteiger partial charge in [-0.2, -0.15) is 0 Å². The first kappa shape index (κ1) is 14.7. The minimum atomic E-state index is -3.29. The van der Waals surface area contributed by atoms with E-state index in [2.05, 4.69) is 10.0 Å². The van der Waals surface area contributed by atoms with Crippen LogP contribution in [-0.4, -0.2) is 26.8 Å². The molecule has 0 aromatic heterocycles. The SMILES string of the molecule is CC(C)(CNc1cc(N)cc(F)c1)NS(C)(=O)=O. The van der Waals surface area contributed by atoms with E-state index in [0.29, 0.717) is 17.9 Å². The molecule has 0 saturated heterocycles. The highest BCUT2D eigenvalue weighted by atomic mass is 32.2. The normalized spacial score (nSPS) is 12.4. The van der Waals surface area contributed by atoms with Crippen LogP contribution in [-0.2, 0) is 10.0 Å². The van der Waals surface area contributed by atoms with Crippen molar-refractivity contribution in [3.05, 3.63) is 24.0 Å². The van der Waals surface area contributed by atoms with Gasteiger partial charge in [-0.25, -0.2) is 17.5 Å². The first-order valence-corrected chi connectivity index (χ1v) is 7.25. The summed E-state index contributed by atoms with van der Waals surface area (Å²) in [6, 6.07) is 4.09. The fourth-order valence-corrected chi connectivity index (χ4v) is 2.65. The van der Waals surface area contributed by atoms with Crippen LogP contribution < -0.4 is 15.8 Å². The summed E-state index contributed by atoms with van der Waals surface area (Å²) in [5.74, 6) is -0.439. The number of halogens is 1. The number of nitrogens with one attached hydrogen (secondary N) is 2. The number of nitrogens with two attached hydrogens (primary N) is 1. The summed E-state index contributed by atoms with van der Waals surface area (Å²) in [6.45, 7) is 3.76. The standard InChI is InChI=1S/C11H18FN3O2S/c1-11(2,15-18(3,16)17)7-14-10-5-8(12)4-9(13)6-10/h4-6,14-15H,7,13H2,1-3H3. The molecule has 0 atom stereocenters. The zero-order chi connectivity index (χ0) is 14.0. The van der Waals surface area contributed by atoms with Crippen LogP contribution in [0, 0.1) is 5.82 Å². The van der Waals surface area contributed by atoms with E-state index in [-0.39, 0.29) is 0 Å². The summed E-state index contributed by atoms with van der Waals surface area (Å²) in [4.78, 5) is 0. The van der Waals surface area contributed by atoms with E-state index in [4.69, 9.17) is 5.73 Å². The molecule has 0 radical (unpaired) electrons. The van der Waals surface area contributed by atoms with Gasteiger partial charge in [-0.3, -0.25) is 0 Å². The van der Waals surface area contributed by atoms with Crippen LogP contribution >= 0.6 is 0 Å². The summed E-state index contributed by atoms with van der Waals surface area (Å²) in [7, 11) is -3.29. The van der Waals surface area contributed by atoms with E-state index in [0.717, 1.165) is 6.26 Å². The molecule has 1 aromatic rings. The van der Waals surface area contributed by atoms with E-state index in [1.165, 1.54) is 12.1 Å². The number of rotatable bonds is 5. The Morgan fingerprint density at radius 3 is 2.44 bits per heavy atom. The van der Waals surface area contributed by atoms with Crippen LogP contribution in [0.2, 0.25) is 0 Å². The van der Waals surface area contributed by atoms with Gasteiger partial charge in [0.25, 0.3) is 0 Å². The van der Waals surface area contributed by atoms with Crippen molar-refractivity contribution in [1.29, 1.82) is 0 Å². The highest BCUT2D eigenvalue weighted by molar-refractivity contribution is 7.88. The second-order valence-electron chi connectivity index (χ2n) is 4.88. The molecule has 18 heavy (non-hydrogen) atoms. The smallest absolute Gasteiger partial charge is 0.209 e. The Hall–Kier alpha value is -1.34.